The van der Waals surface area contributed by atoms with Crippen molar-refractivity contribution < 1.29 is 4.79 Å². The van der Waals surface area contributed by atoms with Gasteiger partial charge in [0.05, 0.1) is 0 Å². The Morgan fingerprint density at radius 2 is 2.32 bits per heavy atom. The molecule has 0 bridgehead atoms. The molecule has 3 N–H and O–H groups in total. The first kappa shape index (κ1) is 14.3. The number of carbonyl (C=O) groups is 1. The van der Waals surface area contributed by atoms with Crippen LogP contribution in [-0.2, 0) is 5.41 Å². The van der Waals surface area contributed by atoms with Gasteiger partial charge < -0.3 is 10.6 Å². The van der Waals surface area contributed by atoms with E-state index in [9.17, 15) is 4.79 Å². The molecule has 106 valence electrons. The van der Waals surface area contributed by atoms with Crippen LogP contribution in [0.1, 0.15) is 38.5 Å². The molecule has 1 atom stereocenters. The molecule has 2 rings (SSSR count). The number of thiazole rings is 1. The van der Waals surface area contributed by atoms with E-state index in [1.54, 1.807) is 0 Å². The van der Waals surface area contributed by atoms with Crippen LogP contribution < -0.4 is 16.0 Å². The lowest BCUT2D eigenvalue weighted by Gasteiger charge is -2.23. The molecule has 0 spiro atoms. The summed E-state index contributed by atoms with van der Waals surface area (Å²) in [5.74, 6) is 0. The number of piperidine rings is 1. The minimum absolute atomic E-state index is 0.0708. The van der Waals surface area contributed by atoms with Crippen molar-refractivity contribution in [2.45, 2.75) is 45.1 Å². The summed E-state index contributed by atoms with van der Waals surface area (Å²) >= 11 is 1.53. The van der Waals surface area contributed by atoms with Crippen LogP contribution in [-0.4, -0.2) is 30.1 Å². The predicted octanol–water partition coefficient (Wildman–Crippen LogP) is 2.31. The van der Waals surface area contributed by atoms with Crippen molar-refractivity contribution in [2.24, 2.45) is 0 Å². The number of carbonyl (C=O) groups excluding carboxylic acids is 1. The van der Waals surface area contributed by atoms with Gasteiger partial charge in [-0.15, -0.1) is 11.3 Å². The van der Waals surface area contributed by atoms with Gasteiger partial charge in [-0.3, -0.25) is 5.32 Å². The second kappa shape index (κ2) is 5.88. The van der Waals surface area contributed by atoms with Crippen LogP contribution in [0.2, 0.25) is 0 Å². The summed E-state index contributed by atoms with van der Waals surface area (Å²) < 4.78 is 0. The minimum atomic E-state index is -0.163. The molecule has 6 heteroatoms. The fourth-order valence-electron chi connectivity index (χ4n) is 1.97. The van der Waals surface area contributed by atoms with Gasteiger partial charge >= 0.3 is 6.03 Å². The highest BCUT2D eigenvalue weighted by molar-refractivity contribution is 7.15. The molecule has 0 unspecified atom stereocenters. The summed E-state index contributed by atoms with van der Waals surface area (Å²) in [6.07, 6.45) is 3.98. The maximum atomic E-state index is 11.9. The number of hydrogen-bond acceptors (Lipinski definition) is 4. The highest BCUT2D eigenvalue weighted by Crippen LogP contribution is 2.29. The highest BCUT2D eigenvalue weighted by atomic mass is 32.1. The lowest BCUT2D eigenvalue weighted by molar-refractivity contribution is 0.245. The monoisotopic (exact) mass is 282 g/mol. The number of rotatable bonds is 2. The van der Waals surface area contributed by atoms with Crippen LogP contribution in [0, 0.1) is 0 Å². The van der Waals surface area contributed by atoms with E-state index in [1.165, 1.54) is 16.2 Å². The van der Waals surface area contributed by atoms with Crippen molar-refractivity contribution >= 4 is 22.5 Å². The molecule has 1 saturated heterocycles. The molecule has 1 fully saturated rings. The first-order valence-corrected chi connectivity index (χ1v) is 7.51. The van der Waals surface area contributed by atoms with Crippen molar-refractivity contribution in [3.63, 3.8) is 0 Å². The number of nitrogens with one attached hydrogen (secondary N) is 3. The van der Waals surface area contributed by atoms with Crippen molar-refractivity contribution in [2.75, 3.05) is 18.4 Å². The zero-order chi connectivity index (χ0) is 13.9. The van der Waals surface area contributed by atoms with E-state index in [0.717, 1.165) is 25.9 Å². The van der Waals surface area contributed by atoms with Crippen LogP contribution >= 0.6 is 11.3 Å². The van der Waals surface area contributed by atoms with Gasteiger partial charge in [0.2, 0.25) is 0 Å². The third-order valence-electron chi connectivity index (χ3n) is 3.10. The van der Waals surface area contributed by atoms with Crippen LogP contribution in [0.3, 0.4) is 0 Å². The van der Waals surface area contributed by atoms with Crippen molar-refractivity contribution in [3.8, 4) is 0 Å². The normalized spacial score (nSPS) is 20.1. The summed E-state index contributed by atoms with van der Waals surface area (Å²) in [7, 11) is 0. The maximum Gasteiger partial charge on any atom is 0.321 e. The number of anilines is 1. The Hall–Kier alpha value is -1.14. The van der Waals surface area contributed by atoms with Crippen molar-refractivity contribution in [1.29, 1.82) is 0 Å². The van der Waals surface area contributed by atoms with Crippen LogP contribution in [0.4, 0.5) is 9.93 Å². The first-order valence-electron chi connectivity index (χ1n) is 6.70. The first-order chi connectivity index (χ1) is 8.95. The fraction of sp³-hybridized carbons (Fsp3) is 0.692. The minimum Gasteiger partial charge on any atom is -0.334 e. The molecule has 0 radical (unpaired) electrons. The smallest absolute Gasteiger partial charge is 0.321 e. The standard InChI is InChI=1S/C13H22N4OS/c1-13(2,3)10-8-15-12(19-10)17-11(18)16-9-5-4-6-14-7-9/h8-9,14H,4-7H2,1-3H3,(H2,15,16,17,18)/t9-/m1/s1. The van der Waals surface area contributed by atoms with Gasteiger partial charge in [-0.05, 0) is 24.8 Å². The van der Waals surface area contributed by atoms with Gasteiger partial charge in [0.1, 0.15) is 0 Å². The Morgan fingerprint density at radius 1 is 1.53 bits per heavy atom. The third-order valence-corrected chi connectivity index (χ3v) is 4.44. The molecule has 0 aromatic carbocycles. The average molecular weight is 282 g/mol. The Bertz CT molecular complexity index is 432. The number of amides is 2. The van der Waals surface area contributed by atoms with Gasteiger partial charge in [-0.25, -0.2) is 9.78 Å². The summed E-state index contributed by atoms with van der Waals surface area (Å²) in [6.45, 7) is 8.30. The van der Waals surface area contributed by atoms with Gasteiger partial charge in [0, 0.05) is 23.7 Å². The highest BCUT2D eigenvalue weighted by Gasteiger charge is 2.19. The third kappa shape index (κ3) is 4.18. The van der Waals surface area contributed by atoms with Crippen molar-refractivity contribution in [1.82, 2.24) is 15.6 Å². The van der Waals surface area contributed by atoms with Crippen LogP contribution in [0.5, 0.6) is 0 Å². The zero-order valence-corrected chi connectivity index (χ0v) is 12.6. The van der Waals surface area contributed by atoms with Crippen LogP contribution in [0.15, 0.2) is 6.20 Å². The maximum absolute atomic E-state index is 11.9. The van der Waals surface area contributed by atoms with E-state index in [-0.39, 0.29) is 17.5 Å². The fourth-order valence-corrected chi connectivity index (χ4v) is 2.84. The number of hydrogen-bond donors (Lipinski definition) is 3. The van der Waals surface area contributed by atoms with Crippen molar-refractivity contribution in [3.05, 3.63) is 11.1 Å². The van der Waals surface area contributed by atoms with E-state index in [1.807, 2.05) is 6.20 Å². The van der Waals surface area contributed by atoms with E-state index < -0.39 is 0 Å². The van der Waals surface area contributed by atoms with Gasteiger partial charge in [0.25, 0.3) is 0 Å². The molecule has 0 saturated carbocycles. The van der Waals surface area contributed by atoms with Gasteiger partial charge in [0.15, 0.2) is 5.13 Å². The molecular weight excluding hydrogens is 260 g/mol. The van der Waals surface area contributed by atoms with E-state index in [4.69, 9.17) is 0 Å². The molecule has 19 heavy (non-hydrogen) atoms. The summed E-state index contributed by atoms with van der Waals surface area (Å²) in [5.41, 5.74) is 0.0708. The largest absolute Gasteiger partial charge is 0.334 e. The van der Waals surface area contributed by atoms with E-state index >= 15 is 0 Å². The lowest BCUT2D eigenvalue weighted by atomic mass is 9.96. The quantitative estimate of drug-likeness (QED) is 0.780. The summed E-state index contributed by atoms with van der Waals surface area (Å²) in [4.78, 5) is 17.3. The number of nitrogens with zero attached hydrogens (tertiary/aromatic N) is 1. The molecular formula is C13H22N4OS. The van der Waals surface area contributed by atoms with E-state index in [0.29, 0.717) is 5.13 Å². The molecule has 1 aromatic rings. The predicted molar refractivity (Wildman–Crippen MR) is 78.9 cm³/mol. The zero-order valence-electron chi connectivity index (χ0n) is 11.7. The number of urea groups is 1. The molecule has 2 amide bonds. The molecule has 0 aliphatic carbocycles. The SMILES string of the molecule is CC(C)(C)c1cnc(NC(=O)N[C@@H]2CCCNC2)s1. The summed E-state index contributed by atoms with van der Waals surface area (Å²) in [6, 6.07) is 0.0549. The van der Waals surface area contributed by atoms with Gasteiger partial charge in [-0.1, -0.05) is 20.8 Å². The molecule has 2 heterocycles. The molecule has 1 aromatic heterocycles. The molecule has 1 aliphatic rings. The second-order valence-corrected chi connectivity index (χ2v) is 6.95. The summed E-state index contributed by atoms with van der Waals surface area (Å²) in [5, 5.41) is 9.71. The Morgan fingerprint density at radius 3 is 2.89 bits per heavy atom. The Labute approximate surface area is 118 Å². The topological polar surface area (TPSA) is 66.0 Å². The molecule has 1 aliphatic heterocycles. The number of aromatic nitrogens is 1. The van der Waals surface area contributed by atoms with Crippen LogP contribution in [0.25, 0.3) is 0 Å². The second-order valence-electron chi connectivity index (χ2n) is 5.92. The molecule has 5 nitrogen and oxygen atoms in total. The van der Waals surface area contributed by atoms with E-state index in [2.05, 4.69) is 41.7 Å². The van der Waals surface area contributed by atoms with Gasteiger partial charge in [-0.2, -0.15) is 0 Å². The Kier molecular flexibility index (Phi) is 4.42. The lowest BCUT2D eigenvalue weighted by Crippen LogP contribution is -2.47. The average Bonchev–Trinajstić information content (AvgIpc) is 2.78. The Balaban J connectivity index is 1.86.